The van der Waals surface area contributed by atoms with Crippen molar-refractivity contribution in [2.24, 2.45) is 0 Å². The molecule has 0 spiro atoms. The third-order valence-electron chi connectivity index (χ3n) is 5.11. The van der Waals surface area contributed by atoms with Gasteiger partial charge in [-0.1, -0.05) is 18.2 Å². The molecule has 1 heterocycles. The highest BCUT2D eigenvalue weighted by Gasteiger charge is 2.28. The second kappa shape index (κ2) is 8.42. The van der Waals surface area contributed by atoms with Gasteiger partial charge in [0.25, 0.3) is 0 Å². The first-order chi connectivity index (χ1) is 12.9. The molecular formula is C21H28N2O3S. The van der Waals surface area contributed by atoms with Crippen LogP contribution in [0, 0.1) is 20.8 Å². The van der Waals surface area contributed by atoms with Crippen LogP contribution in [0.3, 0.4) is 0 Å². The molecule has 1 aliphatic rings. The van der Waals surface area contributed by atoms with Gasteiger partial charge >= 0.3 is 0 Å². The molecule has 2 aromatic carbocycles. The van der Waals surface area contributed by atoms with Crippen LogP contribution in [-0.2, 0) is 10.0 Å². The number of piperazine rings is 1. The minimum atomic E-state index is -3.42. The van der Waals surface area contributed by atoms with E-state index in [-0.39, 0.29) is 0 Å². The van der Waals surface area contributed by atoms with Crippen molar-refractivity contribution in [1.29, 1.82) is 0 Å². The number of aryl methyl sites for hydroxylation is 3. The van der Waals surface area contributed by atoms with E-state index in [0.717, 1.165) is 36.5 Å². The molecule has 5 nitrogen and oxygen atoms in total. The van der Waals surface area contributed by atoms with E-state index >= 15 is 0 Å². The van der Waals surface area contributed by atoms with Gasteiger partial charge in [-0.25, -0.2) is 8.42 Å². The molecule has 0 radical (unpaired) electrons. The molecule has 27 heavy (non-hydrogen) atoms. The van der Waals surface area contributed by atoms with E-state index in [1.54, 1.807) is 16.4 Å². The van der Waals surface area contributed by atoms with Gasteiger partial charge in [0.2, 0.25) is 10.0 Å². The lowest BCUT2D eigenvalue weighted by Crippen LogP contribution is -2.49. The predicted molar refractivity (Wildman–Crippen MR) is 108 cm³/mol. The van der Waals surface area contributed by atoms with E-state index in [0.29, 0.717) is 24.6 Å². The highest BCUT2D eigenvalue weighted by atomic mass is 32.2. The van der Waals surface area contributed by atoms with Crippen molar-refractivity contribution in [3.05, 3.63) is 59.2 Å². The minimum absolute atomic E-state index is 0.391. The maximum absolute atomic E-state index is 12.9. The van der Waals surface area contributed by atoms with Crippen molar-refractivity contribution >= 4 is 10.0 Å². The third-order valence-corrected chi connectivity index (χ3v) is 7.01. The van der Waals surface area contributed by atoms with Crippen LogP contribution in [0.25, 0.3) is 0 Å². The van der Waals surface area contributed by atoms with Gasteiger partial charge in [-0.15, -0.1) is 0 Å². The largest absolute Gasteiger partial charge is 0.492 e. The molecule has 0 amide bonds. The van der Waals surface area contributed by atoms with Crippen molar-refractivity contribution in [3.63, 3.8) is 0 Å². The smallest absolute Gasteiger partial charge is 0.243 e. The van der Waals surface area contributed by atoms with Crippen LogP contribution in [0.4, 0.5) is 0 Å². The Kier molecular flexibility index (Phi) is 6.19. The molecule has 2 aromatic rings. The average Bonchev–Trinajstić information content (AvgIpc) is 2.64. The molecule has 0 aliphatic carbocycles. The number of sulfonamides is 1. The molecule has 0 aromatic heterocycles. The monoisotopic (exact) mass is 388 g/mol. The number of hydrogen-bond acceptors (Lipinski definition) is 4. The van der Waals surface area contributed by atoms with Crippen molar-refractivity contribution in [3.8, 4) is 5.75 Å². The van der Waals surface area contributed by atoms with E-state index in [1.165, 1.54) is 5.56 Å². The number of benzene rings is 2. The fraction of sp³-hybridized carbons (Fsp3) is 0.429. The van der Waals surface area contributed by atoms with Crippen molar-refractivity contribution in [2.45, 2.75) is 25.7 Å². The lowest BCUT2D eigenvalue weighted by atomic mass is 10.1. The highest BCUT2D eigenvalue weighted by Crippen LogP contribution is 2.20. The topological polar surface area (TPSA) is 49.9 Å². The molecule has 0 saturated carbocycles. The van der Waals surface area contributed by atoms with Crippen LogP contribution in [0.5, 0.6) is 5.75 Å². The molecule has 146 valence electrons. The zero-order valence-electron chi connectivity index (χ0n) is 16.3. The summed E-state index contributed by atoms with van der Waals surface area (Å²) in [5, 5.41) is 0. The van der Waals surface area contributed by atoms with Gasteiger partial charge in [-0.2, -0.15) is 4.31 Å². The van der Waals surface area contributed by atoms with Gasteiger partial charge in [-0.05, 0) is 61.7 Å². The predicted octanol–water partition coefficient (Wildman–Crippen LogP) is 3.00. The van der Waals surface area contributed by atoms with Gasteiger partial charge in [0, 0.05) is 32.7 Å². The van der Waals surface area contributed by atoms with Gasteiger partial charge in [0.15, 0.2) is 0 Å². The summed E-state index contributed by atoms with van der Waals surface area (Å²) in [4.78, 5) is 2.64. The van der Waals surface area contributed by atoms with Gasteiger partial charge in [0.1, 0.15) is 12.4 Å². The fourth-order valence-corrected chi connectivity index (χ4v) is 4.72. The highest BCUT2D eigenvalue weighted by molar-refractivity contribution is 7.89. The maximum atomic E-state index is 12.9. The quantitative estimate of drug-likeness (QED) is 0.763. The lowest BCUT2D eigenvalue weighted by molar-refractivity contribution is 0.159. The summed E-state index contributed by atoms with van der Waals surface area (Å²) in [5.41, 5.74) is 3.29. The number of ether oxygens (including phenoxy) is 1. The van der Waals surface area contributed by atoms with E-state index in [2.05, 4.69) is 4.90 Å². The fourth-order valence-electron chi connectivity index (χ4n) is 3.21. The Bertz CT molecular complexity index is 888. The van der Waals surface area contributed by atoms with Gasteiger partial charge in [-0.3, -0.25) is 4.90 Å². The SMILES string of the molecule is Cc1cccc(OCCN2CCN(S(=O)(=O)c3ccc(C)c(C)c3)CC2)c1. The first kappa shape index (κ1) is 19.9. The van der Waals surface area contributed by atoms with Crippen LogP contribution in [-0.4, -0.2) is 57.0 Å². The summed E-state index contributed by atoms with van der Waals surface area (Å²) < 4.78 is 33.1. The summed E-state index contributed by atoms with van der Waals surface area (Å²) in [6.45, 7) is 9.85. The second-order valence-corrected chi connectivity index (χ2v) is 9.09. The molecule has 0 unspecified atom stereocenters. The maximum Gasteiger partial charge on any atom is 0.243 e. The van der Waals surface area contributed by atoms with Gasteiger partial charge < -0.3 is 4.74 Å². The Morgan fingerprint density at radius 3 is 2.33 bits per heavy atom. The molecule has 0 atom stereocenters. The molecule has 6 heteroatoms. The molecular weight excluding hydrogens is 360 g/mol. The van der Waals surface area contributed by atoms with Crippen molar-refractivity contribution in [1.82, 2.24) is 9.21 Å². The molecule has 0 N–H and O–H groups in total. The van der Waals surface area contributed by atoms with E-state index < -0.39 is 10.0 Å². The lowest BCUT2D eigenvalue weighted by Gasteiger charge is -2.33. The first-order valence-electron chi connectivity index (χ1n) is 9.35. The number of nitrogens with zero attached hydrogens (tertiary/aromatic N) is 2. The molecule has 1 fully saturated rings. The molecule has 1 saturated heterocycles. The summed E-state index contributed by atoms with van der Waals surface area (Å²) in [7, 11) is -3.42. The Balaban J connectivity index is 1.51. The van der Waals surface area contributed by atoms with Gasteiger partial charge in [0.05, 0.1) is 4.90 Å². The standard InChI is InChI=1S/C21H28N2O3S/c1-17-5-4-6-20(15-17)26-14-13-22-9-11-23(12-10-22)27(24,25)21-8-7-18(2)19(3)16-21/h4-8,15-16H,9-14H2,1-3H3. The molecule has 3 rings (SSSR count). The van der Waals surface area contributed by atoms with Crippen LogP contribution in [0.1, 0.15) is 16.7 Å². The number of rotatable bonds is 6. The summed E-state index contributed by atoms with van der Waals surface area (Å²) in [6.07, 6.45) is 0. The number of hydrogen-bond donors (Lipinski definition) is 0. The van der Waals surface area contributed by atoms with E-state index in [9.17, 15) is 8.42 Å². The van der Waals surface area contributed by atoms with Crippen LogP contribution >= 0.6 is 0 Å². The second-order valence-electron chi connectivity index (χ2n) is 7.16. The van der Waals surface area contributed by atoms with Crippen molar-refractivity contribution in [2.75, 3.05) is 39.3 Å². The van der Waals surface area contributed by atoms with E-state index in [1.807, 2.05) is 51.1 Å². The summed E-state index contributed by atoms with van der Waals surface area (Å²) >= 11 is 0. The normalized spacial score (nSPS) is 16.4. The first-order valence-corrected chi connectivity index (χ1v) is 10.8. The van der Waals surface area contributed by atoms with E-state index in [4.69, 9.17) is 4.74 Å². The Hall–Kier alpha value is -1.89. The van der Waals surface area contributed by atoms with Crippen LogP contribution < -0.4 is 4.74 Å². The third kappa shape index (κ3) is 4.89. The summed E-state index contributed by atoms with van der Waals surface area (Å²) in [5.74, 6) is 0.881. The van der Waals surface area contributed by atoms with Crippen LogP contribution in [0.2, 0.25) is 0 Å². The molecule has 0 bridgehead atoms. The Morgan fingerprint density at radius 1 is 0.926 bits per heavy atom. The zero-order chi connectivity index (χ0) is 19.4. The zero-order valence-corrected chi connectivity index (χ0v) is 17.1. The molecule has 1 aliphatic heterocycles. The average molecular weight is 389 g/mol. The summed E-state index contributed by atoms with van der Waals surface area (Å²) in [6, 6.07) is 13.4. The minimum Gasteiger partial charge on any atom is -0.492 e. The Morgan fingerprint density at radius 2 is 1.67 bits per heavy atom. The van der Waals surface area contributed by atoms with Crippen molar-refractivity contribution < 1.29 is 13.2 Å². The Labute approximate surface area is 162 Å². The van der Waals surface area contributed by atoms with Crippen LogP contribution in [0.15, 0.2) is 47.4 Å².